The molecule has 34 heavy (non-hydrogen) atoms. The topological polar surface area (TPSA) is 103 Å². The Morgan fingerprint density at radius 2 is 1.71 bits per heavy atom. The highest BCUT2D eigenvalue weighted by Crippen LogP contribution is 2.36. The van der Waals surface area contributed by atoms with Crippen molar-refractivity contribution in [2.45, 2.75) is 58.0 Å². The van der Waals surface area contributed by atoms with E-state index in [-0.39, 0.29) is 35.7 Å². The van der Waals surface area contributed by atoms with Crippen LogP contribution < -0.4 is 5.56 Å². The fourth-order valence-corrected chi connectivity index (χ4v) is 6.17. The van der Waals surface area contributed by atoms with Gasteiger partial charge in [0.25, 0.3) is 12.0 Å². The highest BCUT2D eigenvalue weighted by atomic mass is 16.3. The average Bonchev–Trinajstić information content (AvgIpc) is 3.34. The fourth-order valence-electron chi connectivity index (χ4n) is 6.17. The average molecular weight is 473 g/mol. The standard InChI is InChI=1S/C24H34N4O3.CH2O2/c1-17(29)26-10-6-19(7-11-26)23(30)27-13-18-12-21(16-27)22-5-4-20(24(31)28(22)14-18)15-25-8-2-3-9-25;2-1-3/h4-5,18-19,21H,2-3,6-16H2,1H3;1H,(H,2,3)/t18-,21+;/m0./s1. The molecule has 0 unspecified atom stereocenters. The molecule has 1 N–H and O–H groups in total. The van der Waals surface area contributed by atoms with Crippen molar-refractivity contribution in [2.75, 3.05) is 39.3 Å². The Kier molecular flexibility index (Phi) is 7.70. The van der Waals surface area contributed by atoms with E-state index in [9.17, 15) is 14.4 Å². The van der Waals surface area contributed by atoms with Crippen LogP contribution in [0.2, 0.25) is 0 Å². The van der Waals surface area contributed by atoms with Crippen molar-refractivity contribution in [2.24, 2.45) is 11.8 Å². The third kappa shape index (κ3) is 5.19. The number of pyridine rings is 1. The summed E-state index contributed by atoms with van der Waals surface area (Å²) in [5.41, 5.74) is 2.20. The number of piperidine rings is 2. The van der Waals surface area contributed by atoms with Crippen LogP contribution in [0.4, 0.5) is 0 Å². The number of carboxylic acid groups (broad SMARTS) is 1. The first-order valence-electron chi connectivity index (χ1n) is 12.5. The van der Waals surface area contributed by atoms with Gasteiger partial charge in [0.05, 0.1) is 0 Å². The molecule has 1 aromatic rings. The molecule has 1 aromatic heterocycles. The molecule has 0 radical (unpaired) electrons. The lowest BCUT2D eigenvalue weighted by Gasteiger charge is -2.44. The molecule has 5 heterocycles. The van der Waals surface area contributed by atoms with Crippen LogP contribution in [0.5, 0.6) is 0 Å². The van der Waals surface area contributed by atoms with E-state index in [2.05, 4.69) is 15.9 Å². The van der Waals surface area contributed by atoms with Gasteiger partial charge in [0.2, 0.25) is 11.8 Å². The highest BCUT2D eigenvalue weighted by molar-refractivity contribution is 5.80. The van der Waals surface area contributed by atoms with Crippen LogP contribution in [-0.4, -0.2) is 81.9 Å². The van der Waals surface area contributed by atoms with Gasteiger partial charge in [-0.1, -0.05) is 6.07 Å². The molecule has 9 heteroatoms. The van der Waals surface area contributed by atoms with Gasteiger partial charge >= 0.3 is 0 Å². The van der Waals surface area contributed by atoms with E-state index in [1.54, 1.807) is 6.92 Å². The van der Waals surface area contributed by atoms with Gasteiger partial charge in [0, 0.05) is 69.3 Å². The number of fused-ring (bicyclic) bond motifs is 4. The van der Waals surface area contributed by atoms with E-state index in [4.69, 9.17) is 9.90 Å². The summed E-state index contributed by atoms with van der Waals surface area (Å²) in [5.74, 6) is 0.984. The predicted octanol–water partition coefficient (Wildman–Crippen LogP) is 1.35. The first-order chi connectivity index (χ1) is 16.4. The normalized spacial score (nSPS) is 24.7. The van der Waals surface area contributed by atoms with Crippen LogP contribution >= 0.6 is 0 Å². The Morgan fingerprint density at radius 1 is 1.03 bits per heavy atom. The molecule has 0 saturated carbocycles. The molecule has 3 saturated heterocycles. The number of hydrogen-bond acceptors (Lipinski definition) is 5. The van der Waals surface area contributed by atoms with Crippen LogP contribution in [0.25, 0.3) is 0 Å². The Balaban J connectivity index is 0.000000868. The van der Waals surface area contributed by atoms with Gasteiger partial charge < -0.3 is 19.5 Å². The number of rotatable bonds is 3. The molecule has 9 nitrogen and oxygen atoms in total. The summed E-state index contributed by atoms with van der Waals surface area (Å²) in [7, 11) is 0. The van der Waals surface area contributed by atoms with Gasteiger partial charge in [0.15, 0.2) is 0 Å². The zero-order valence-corrected chi connectivity index (χ0v) is 20.0. The van der Waals surface area contributed by atoms with E-state index in [0.717, 1.165) is 63.2 Å². The Bertz CT molecular complexity index is 963. The summed E-state index contributed by atoms with van der Waals surface area (Å²) in [6, 6.07) is 4.18. The minimum Gasteiger partial charge on any atom is -0.483 e. The Hall–Kier alpha value is -2.68. The van der Waals surface area contributed by atoms with Crippen molar-refractivity contribution in [1.82, 2.24) is 19.3 Å². The molecule has 2 atom stereocenters. The number of carbonyl (C=O) groups excluding carboxylic acids is 2. The Labute approximate surface area is 200 Å². The van der Waals surface area contributed by atoms with Crippen LogP contribution in [0, 0.1) is 11.8 Å². The fraction of sp³-hybridized carbons (Fsp3) is 0.680. The maximum atomic E-state index is 13.2. The van der Waals surface area contributed by atoms with Gasteiger partial charge in [0.1, 0.15) is 0 Å². The highest BCUT2D eigenvalue weighted by Gasteiger charge is 2.39. The van der Waals surface area contributed by atoms with E-state index in [1.807, 2.05) is 15.5 Å². The zero-order chi connectivity index (χ0) is 24.2. The SMILES string of the molecule is CC(=O)N1CCC(C(=O)N2C[C@@H]3C[C@H](C2)c2ccc(CN4CCCC4)c(=O)n2C3)CC1.O=CO. The molecular formula is C25H36N4O5. The lowest BCUT2D eigenvalue weighted by atomic mass is 9.82. The lowest BCUT2D eigenvalue weighted by Crippen LogP contribution is -2.52. The molecule has 4 aliphatic heterocycles. The van der Waals surface area contributed by atoms with Crippen molar-refractivity contribution < 1.29 is 19.5 Å². The van der Waals surface area contributed by atoms with Crippen molar-refractivity contribution in [3.05, 3.63) is 33.7 Å². The second kappa shape index (κ2) is 10.7. The molecular weight excluding hydrogens is 436 g/mol. The van der Waals surface area contributed by atoms with E-state index >= 15 is 0 Å². The third-order valence-electron chi connectivity index (χ3n) is 7.88. The van der Waals surface area contributed by atoms with Crippen LogP contribution in [-0.2, 0) is 27.5 Å². The van der Waals surface area contributed by atoms with Gasteiger partial charge in [-0.15, -0.1) is 0 Å². The van der Waals surface area contributed by atoms with Gasteiger partial charge in [-0.3, -0.25) is 24.1 Å². The van der Waals surface area contributed by atoms with Gasteiger partial charge in [-0.25, -0.2) is 0 Å². The second-order valence-corrected chi connectivity index (χ2v) is 10.1. The van der Waals surface area contributed by atoms with E-state index < -0.39 is 0 Å². The minimum absolute atomic E-state index is 0.0273. The van der Waals surface area contributed by atoms with Crippen LogP contribution in [0.1, 0.15) is 56.2 Å². The maximum absolute atomic E-state index is 13.2. The second-order valence-electron chi connectivity index (χ2n) is 10.1. The quantitative estimate of drug-likeness (QED) is 0.666. The smallest absolute Gasteiger partial charge is 0.290 e. The summed E-state index contributed by atoms with van der Waals surface area (Å²) >= 11 is 0. The number of nitrogens with zero attached hydrogens (tertiary/aromatic N) is 4. The number of carbonyl (C=O) groups is 3. The maximum Gasteiger partial charge on any atom is 0.290 e. The molecule has 5 rings (SSSR count). The molecule has 2 bridgehead atoms. The van der Waals surface area contributed by atoms with Crippen molar-refractivity contribution in [1.29, 1.82) is 0 Å². The van der Waals surface area contributed by atoms with Crippen molar-refractivity contribution in [3.8, 4) is 0 Å². The first kappa shape index (κ1) is 24.4. The summed E-state index contributed by atoms with van der Waals surface area (Å²) in [6.07, 6.45) is 5.06. The summed E-state index contributed by atoms with van der Waals surface area (Å²) < 4.78 is 2.01. The molecule has 2 amide bonds. The first-order valence-corrected chi connectivity index (χ1v) is 12.5. The lowest BCUT2D eigenvalue weighted by molar-refractivity contribution is -0.142. The largest absolute Gasteiger partial charge is 0.483 e. The zero-order valence-electron chi connectivity index (χ0n) is 20.0. The summed E-state index contributed by atoms with van der Waals surface area (Å²) in [4.78, 5) is 52.7. The van der Waals surface area contributed by atoms with Crippen LogP contribution in [0.15, 0.2) is 16.9 Å². The van der Waals surface area contributed by atoms with E-state index in [0.29, 0.717) is 25.6 Å². The molecule has 0 aromatic carbocycles. The number of amides is 2. The van der Waals surface area contributed by atoms with Crippen molar-refractivity contribution in [3.63, 3.8) is 0 Å². The molecule has 0 spiro atoms. The third-order valence-corrected chi connectivity index (χ3v) is 7.88. The molecule has 186 valence electrons. The number of hydrogen-bond donors (Lipinski definition) is 1. The molecule has 0 aliphatic carbocycles. The molecule has 4 aliphatic rings. The predicted molar refractivity (Wildman–Crippen MR) is 126 cm³/mol. The molecule has 3 fully saturated rings. The summed E-state index contributed by atoms with van der Waals surface area (Å²) in [5, 5.41) is 6.89. The van der Waals surface area contributed by atoms with Gasteiger partial charge in [-0.05, 0) is 57.2 Å². The van der Waals surface area contributed by atoms with Gasteiger partial charge in [-0.2, -0.15) is 0 Å². The minimum atomic E-state index is -0.250. The van der Waals surface area contributed by atoms with Crippen molar-refractivity contribution >= 4 is 18.3 Å². The number of likely N-dealkylation sites (tertiary alicyclic amines) is 3. The van der Waals surface area contributed by atoms with E-state index in [1.165, 1.54) is 12.8 Å². The Morgan fingerprint density at radius 3 is 2.35 bits per heavy atom. The monoisotopic (exact) mass is 472 g/mol. The number of aromatic nitrogens is 1. The summed E-state index contributed by atoms with van der Waals surface area (Å²) in [6.45, 7) is 7.86. The van der Waals surface area contributed by atoms with Crippen LogP contribution in [0.3, 0.4) is 0 Å².